The van der Waals surface area contributed by atoms with Crippen LogP contribution in [0.15, 0.2) is 36.4 Å². The molecule has 2 aromatic carbocycles. The van der Waals surface area contributed by atoms with Gasteiger partial charge in [0, 0.05) is 11.3 Å². The Hall–Kier alpha value is -2.73. The summed E-state index contributed by atoms with van der Waals surface area (Å²) >= 11 is 6.40. The Morgan fingerprint density at radius 3 is 2.84 bits per heavy atom. The Kier molecular flexibility index (Phi) is 3.77. The van der Waals surface area contributed by atoms with Gasteiger partial charge in [0.05, 0.1) is 24.5 Å². The number of carboxylic acid groups (broad SMARTS) is 1. The predicted molar refractivity (Wildman–Crippen MR) is 93.2 cm³/mol. The first kappa shape index (κ1) is 15.8. The number of nitrogens with zero attached hydrogens (tertiary/aromatic N) is 1. The van der Waals surface area contributed by atoms with Gasteiger partial charge in [-0.1, -0.05) is 23.7 Å². The monoisotopic (exact) mass is 358 g/mol. The van der Waals surface area contributed by atoms with Gasteiger partial charge in [-0.15, -0.1) is 0 Å². The highest BCUT2D eigenvalue weighted by Gasteiger charge is 2.32. The highest BCUT2D eigenvalue weighted by Crippen LogP contribution is 2.39. The van der Waals surface area contributed by atoms with Crippen LogP contribution in [0.4, 0.5) is 10.5 Å². The van der Waals surface area contributed by atoms with Gasteiger partial charge < -0.3 is 20.1 Å². The van der Waals surface area contributed by atoms with Gasteiger partial charge in [0.25, 0.3) is 0 Å². The summed E-state index contributed by atoms with van der Waals surface area (Å²) in [6.07, 6.45) is -0.784. The number of hydrogen-bond acceptors (Lipinski definition) is 3. The molecule has 2 aliphatic rings. The third-order valence-corrected chi connectivity index (χ3v) is 4.72. The van der Waals surface area contributed by atoms with Gasteiger partial charge in [-0.25, -0.2) is 4.79 Å². The summed E-state index contributed by atoms with van der Waals surface area (Å²) in [5, 5.41) is 12.3. The van der Waals surface area contributed by atoms with Crippen LogP contribution < -0.4 is 10.1 Å². The fourth-order valence-corrected chi connectivity index (χ4v) is 3.39. The van der Waals surface area contributed by atoms with Crippen molar-refractivity contribution in [1.82, 2.24) is 4.90 Å². The van der Waals surface area contributed by atoms with E-state index >= 15 is 0 Å². The summed E-state index contributed by atoms with van der Waals surface area (Å²) in [6.45, 7) is 0.674. The summed E-state index contributed by atoms with van der Waals surface area (Å²) in [5.74, 6) is 0.589. The van der Waals surface area contributed by atoms with E-state index in [1.54, 1.807) is 12.1 Å². The van der Waals surface area contributed by atoms with Crippen LogP contribution in [0.3, 0.4) is 0 Å². The average Bonchev–Trinajstić information content (AvgIpc) is 2.89. The number of nitrogens with one attached hydrogen (secondary N) is 1. The maximum atomic E-state index is 11.5. The summed E-state index contributed by atoms with van der Waals surface area (Å²) in [7, 11) is 0. The third-order valence-electron chi connectivity index (χ3n) is 4.41. The van der Waals surface area contributed by atoms with Crippen molar-refractivity contribution in [3.8, 4) is 16.9 Å². The molecule has 0 aliphatic carbocycles. The molecule has 2 N–H and O–H groups in total. The van der Waals surface area contributed by atoms with E-state index < -0.39 is 6.09 Å². The smallest absolute Gasteiger partial charge is 0.407 e. The molecule has 6 nitrogen and oxygen atoms in total. The van der Waals surface area contributed by atoms with Crippen molar-refractivity contribution in [3.05, 3.63) is 47.0 Å². The van der Waals surface area contributed by atoms with Gasteiger partial charge in [-0.05, 0) is 35.4 Å². The van der Waals surface area contributed by atoms with E-state index in [4.69, 9.17) is 21.4 Å². The summed E-state index contributed by atoms with van der Waals surface area (Å²) < 4.78 is 5.97. The fraction of sp³-hybridized carbons (Fsp3) is 0.222. The van der Waals surface area contributed by atoms with Crippen LogP contribution in [-0.2, 0) is 11.2 Å². The van der Waals surface area contributed by atoms with E-state index in [0.29, 0.717) is 30.3 Å². The molecule has 2 heterocycles. The highest BCUT2D eigenvalue weighted by atomic mass is 35.5. The van der Waals surface area contributed by atoms with Crippen LogP contribution in [0.1, 0.15) is 5.56 Å². The molecule has 2 aromatic rings. The van der Waals surface area contributed by atoms with E-state index in [1.807, 2.05) is 24.3 Å². The topological polar surface area (TPSA) is 78.9 Å². The zero-order chi connectivity index (χ0) is 17.6. The summed E-state index contributed by atoms with van der Waals surface area (Å²) in [6, 6.07) is 11.1. The van der Waals surface area contributed by atoms with E-state index in [9.17, 15) is 9.59 Å². The third kappa shape index (κ3) is 2.89. The molecule has 0 radical (unpaired) electrons. The zero-order valence-corrected chi connectivity index (χ0v) is 13.9. The molecule has 0 atom stereocenters. The van der Waals surface area contributed by atoms with Crippen molar-refractivity contribution in [2.75, 3.05) is 18.4 Å². The molecule has 0 unspecified atom stereocenters. The molecule has 4 rings (SSSR count). The second-order valence-corrected chi connectivity index (χ2v) is 6.54. The van der Waals surface area contributed by atoms with Gasteiger partial charge in [0.2, 0.25) is 5.91 Å². The number of carbonyl (C=O) groups is 2. The first-order chi connectivity index (χ1) is 12.0. The Balaban J connectivity index is 1.63. The Morgan fingerprint density at radius 2 is 2.08 bits per heavy atom. The molecule has 1 saturated heterocycles. The van der Waals surface area contributed by atoms with E-state index in [-0.39, 0.29) is 12.0 Å². The number of fused-ring (bicyclic) bond motifs is 1. The zero-order valence-electron chi connectivity index (χ0n) is 13.2. The number of benzene rings is 2. The van der Waals surface area contributed by atoms with Gasteiger partial charge in [-0.2, -0.15) is 0 Å². The molecule has 128 valence electrons. The number of ether oxygens (including phenoxy) is 1. The SMILES string of the molecule is O=C1Cc2cc(-c3c(Cl)cccc3OC3CN(C(=O)O)C3)ccc2N1. The van der Waals surface area contributed by atoms with Crippen LogP contribution in [0, 0.1) is 0 Å². The largest absolute Gasteiger partial charge is 0.486 e. The second kappa shape index (κ2) is 5.97. The number of amides is 2. The molecule has 1 fully saturated rings. The number of anilines is 1. The lowest BCUT2D eigenvalue weighted by Gasteiger charge is -2.37. The lowest BCUT2D eigenvalue weighted by atomic mass is 10.0. The molecule has 7 heteroatoms. The standard InChI is InChI=1S/C18H15ClN2O4/c19-13-2-1-3-15(25-12-8-21(9-12)18(23)24)17(13)10-4-5-14-11(6-10)7-16(22)20-14/h1-6,12H,7-9H2,(H,20,22)(H,23,24). The number of carbonyl (C=O) groups excluding carboxylic acids is 1. The Morgan fingerprint density at radius 1 is 1.28 bits per heavy atom. The minimum Gasteiger partial charge on any atom is -0.486 e. The summed E-state index contributed by atoms with van der Waals surface area (Å²) in [4.78, 5) is 23.7. The second-order valence-electron chi connectivity index (χ2n) is 6.14. The first-order valence-electron chi connectivity index (χ1n) is 7.87. The lowest BCUT2D eigenvalue weighted by molar-refractivity contribution is -0.115. The van der Waals surface area contributed by atoms with Crippen molar-refractivity contribution < 1.29 is 19.4 Å². The Bertz CT molecular complexity index is 877. The van der Waals surface area contributed by atoms with E-state index in [0.717, 1.165) is 22.4 Å². The first-order valence-corrected chi connectivity index (χ1v) is 8.25. The van der Waals surface area contributed by atoms with Gasteiger partial charge in [0.1, 0.15) is 11.9 Å². The van der Waals surface area contributed by atoms with Gasteiger partial charge in [-0.3, -0.25) is 4.79 Å². The normalized spacial score (nSPS) is 16.2. The van der Waals surface area contributed by atoms with Crippen LogP contribution in [0.25, 0.3) is 11.1 Å². The molecule has 2 amide bonds. The van der Waals surface area contributed by atoms with Crippen molar-refractivity contribution in [2.24, 2.45) is 0 Å². The molecule has 0 bridgehead atoms. The van der Waals surface area contributed by atoms with Crippen molar-refractivity contribution in [1.29, 1.82) is 0 Å². The van der Waals surface area contributed by atoms with Crippen LogP contribution in [0.2, 0.25) is 5.02 Å². The van der Waals surface area contributed by atoms with Gasteiger partial charge >= 0.3 is 6.09 Å². The van der Waals surface area contributed by atoms with E-state index in [1.165, 1.54) is 4.90 Å². The molecular formula is C18H15ClN2O4. The number of hydrogen-bond donors (Lipinski definition) is 2. The van der Waals surface area contributed by atoms with Crippen LogP contribution >= 0.6 is 11.6 Å². The predicted octanol–water partition coefficient (Wildman–Crippen LogP) is 3.24. The number of likely N-dealkylation sites (tertiary alicyclic amines) is 1. The van der Waals surface area contributed by atoms with Crippen molar-refractivity contribution >= 4 is 29.3 Å². The molecule has 25 heavy (non-hydrogen) atoms. The molecular weight excluding hydrogens is 344 g/mol. The molecule has 0 aromatic heterocycles. The van der Waals surface area contributed by atoms with E-state index in [2.05, 4.69) is 5.32 Å². The molecule has 0 spiro atoms. The number of rotatable bonds is 3. The maximum absolute atomic E-state index is 11.5. The minimum atomic E-state index is -0.943. The van der Waals surface area contributed by atoms with Crippen LogP contribution in [-0.4, -0.2) is 41.2 Å². The maximum Gasteiger partial charge on any atom is 0.407 e. The Labute approximate surface area is 149 Å². The molecule has 0 saturated carbocycles. The highest BCUT2D eigenvalue weighted by molar-refractivity contribution is 6.33. The average molecular weight is 359 g/mol. The van der Waals surface area contributed by atoms with Gasteiger partial charge in [0.15, 0.2) is 0 Å². The van der Waals surface area contributed by atoms with Crippen molar-refractivity contribution in [2.45, 2.75) is 12.5 Å². The summed E-state index contributed by atoms with van der Waals surface area (Å²) in [5.41, 5.74) is 3.36. The fourth-order valence-electron chi connectivity index (χ4n) is 3.12. The number of halogens is 1. The minimum absolute atomic E-state index is 0.0222. The van der Waals surface area contributed by atoms with Crippen molar-refractivity contribution in [3.63, 3.8) is 0 Å². The van der Waals surface area contributed by atoms with Crippen LogP contribution in [0.5, 0.6) is 5.75 Å². The lowest BCUT2D eigenvalue weighted by Crippen LogP contribution is -2.55. The molecule has 2 aliphatic heterocycles. The quantitative estimate of drug-likeness (QED) is 0.882.